The van der Waals surface area contributed by atoms with E-state index in [9.17, 15) is 0 Å². The van der Waals surface area contributed by atoms with Crippen molar-refractivity contribution in [3.05, 3.63) is 0 Å². The number of rotatable bonds is 6. The van der Waals surface area contributed by atoms with E-state index in [1.165, 1.54) is 0 Å². The van der Waals surface area contributed by atoms with Gasteiger partial charge in [-0.15, -0.1) is 0 Å². The Balaban J connectivity index is 2.62. The van der Waals surface area contributed by atoms with E-state index in [0.717, 1.165) is 0 Å². The molecule has 1 rings (SSSR count). The molecule has 1 heterocycles. The van der Waals surface area contributed by atoms with E-state index >= 15 is 0 Å². The molecule has 1 fully saturated rings. The van der Waals surface area contributed by atoms with Crippen LogP contribution in [0.5, 0.6) is 0 Å². The summed E-state index contributed by atoms with van der Waals surface area (Å²) in [4.78, 5) is 0. The second-order valence-corrected chi connectivity index (χ2v) is 7.68. The topological polar surface area (TPSA) is 52.5 Å². The molecular formula is C16H32N2O4. The maximum Gasteiger partial charge on any atom is 0.196 e. The highest BCUT2D eigenvalue weighted by Crippen LogP contribution is 2.22. The van der Waals surface area contributed by atoms with Crippen molar-refractivity contribution < 1.29 is 18.9 Å². The summed E-state index contributed by atoms with van der Waals surface area (Å²) in [5, 5.41) is 5.87. The molecule has 6 nitrogen and oxygen atoms in total. The van der Waals surface area contributed by atoms with Gasteiger partial charge in [0.15, 0.2) is 6.29 Å². The predicted octanol–water partition coefficient (Wildman–Crippen LogP) is 2.27. The van der Waals surface area contributed by atoms with Gasteiger partial charge in [0, 0.05) is 14.1 Å². The third kappa shape index (κ3) is 8.08. The summed E-state index contributed by atoms with van der Waals surface area (Å²) >= 11 is 0. The molecule has 0 N–H and O–H groups in total. The van der Waals surface area contributed by atoms with Crippen LogP contribution in [0.1, 0.15) is 41.5 Å². The average molecular weight is 316 g/mol. The zero-order chi connectivity index (χ0) is 17.0. The van der Waals surface area contributed by atoms with Gasteiger partial charge in [0.25, 0.3) is 0 Å². The van der Waals surface area contributed by atoms with Gasteiger partial charge in [-0.3, -0.25) is 0 Å². The summed E-state index contributed by atoms with van der Waals surface area (Å²) in [7, 11) is 3.71. The Labute approximate surface area is 134 Å². The number of hydrogen-bond donors (Lipinski definition) is 0. The van der Waals surface area contributed by atoms with Crippen molar-refractivity contribution in [2.24, 2.45) is 5.10 Å². The Morgan fingerprint density at radius 3 is 1.64 bits per heavy atom. The SMILES string of the molecule is CN(C)/N=C/C1O[C@@H](COC(C)(C)C)[C@H](COC(C)(C)C)O1. The fraction of sp³-hybridized carbons (Fsp3) is 0.938. The first-order valence-corrected chi connectivity index (χ1v) is 7.76. The predicted molar refractivity (Wildman–Crippen MR) is 87.1 cm³/mol. The summed E-state index contributed by atoms with van der Waals surface area (Å²) in [5.74, 6) is 0. The molecular weight excluding hydrogens is 284 g/mol. The highest BCUT2D eigenvalue weighted by molar-refractivity contribution is 5.61. The second-order valence-electron chi connectivity index (χ2n) is 7.68. The Hall–Kier alpha value is -0.690. The molecule has 0 radical (unpaired) electrons. The summed E-state index contributed by atoms with van der Waals surface area (Å²) in [6.07, 6.45) is 0.853. The maximum atomic E-state index is 5.88. The molecule has 0 aromatic carbocycles. The van der Waals surface area contributed by atoms with E-state index in [4.69, 9.17) is 18.9 Å². The summed E-state index contributed by atoms with van der Waals surface area (Å²) in [6, 6.07) is 0. The van der Waals surface area contributed by atoms with E-state index in [1.807, 2.05) is 55.6 Å². The van der Waals surface area contributed by atoms with Gasteiger partial charge >= 0.3 is 0 Å². The first-order chi connectivity index (χ1) is 9.96. The van der Waals surface area contributed by atoms with Crippen LogP contribution in [0.2, 0.25) is 0 Å². The standard InChI is InChI=1S/C16H32N2O4/c1-15(2,3)19-10-12-13(11-20-16(4,5)6)22-14(21-12)9-17-18(7)8/h9,12-14H,10-11H2,1-8H3/b17-9+/t12-,13-/m0/s1. The van der Waals surface area contributed by atoms with Crippen molar-refractivity contribution in [2.75, 3.05) is 27.3 Å². The van der Waals surface area contributed by atoms with Crippen molar-refractivity contribution in [1.29, 1.82) is 0 Å². The number of hydrazone groups is 1. The van der Waals surface area contributed by atoms with Crippen LogP contribution in [0.15, 0.2) is 5.10 Å². The minimum atomic E-state index is -0.468. The van der Waals surface area contributed by atoms with E-state index in [1.54, 1.807) is 11.2 Å². The lowest BCUT2D eigenvalue weighted by molar-refractivity contribution is -0.0799. The zero-order valence-corrected chi connectivity index (χ0v) is 15.3. The maximum absolute atomic E-state index is 5.88. The molecule has 0 bridgehead atoms. The molecule has 22 heavy (non-hydrogen) atoms. The van der Waals surface area contributed by atoms with E-state index in [-0.39, 0.29) is 23.4 Å². The van der Waals surface area contributed by atoms with Crippen molar-refractivity contribution in [3.8, 4) is 0 Å². The van der Waals surface area contributed by atoms with Gasteiger partial charge in [-0.25, -0.2) is 0 Å². The van der Waals surface area contributed by atoms with Crippen molar-refractivity contribution in [2.45, 2.75) is 71.2 Å². The van der Waals surface area contributed by atoms with Gasteiger partial charge in [-0.1, -0.05) is 0 Å². The third-order valence-electron chi connectivity index (χ3n) is 2.81. The van der Waals surface area contributed by atoms with Crippen LogP contribution in [0.3, 0.4) is 0 Å². The number of hydrogen-bond acceptors (Lipinski definition) is 6. The molecule has 2 atom stereocenters. The summed E-state index contributed by atoms with van der Waals surface area (Å²) in [6.45, 7) is 13.1. The fourth-order valence-corrected chi connectivity index (χ4v) is 1.77. The normalized spacial score (nSPS) is 24.4. The van der Waals surface area contributed by atoms with E-state index in [2.05, 4.69) is 5.10 Å². The lowest BCUT2D eigenvalue weighted by Crippen LogP contribution is -2.37. The van der Waals surface area contributed by atoms with Crippen LogP contribution in [-0.4, -0.2) is 68.2 Å². The van der Waals surface area contributed by atoms with Crippen molar-refractivity contribution in [1.82, 2.24) is 5.01 Å². The molecule has 0 aromatic heterocycles. The Morgan fingerprint density at radius 2 is 1.32 bits per heavy atom. The second kappa shape index (κ2) is 7.73. The molecule has 0 unspecified atom stereocenters. The quantitative estimate of drug-likeness (QED) is 0.556. The van der Waals surface area contributed by atoms with Gasteiger partial charge in [0.05, 0.1) is 30.6 Å². The zero-order valence-electron chi connectivity index (χ0n) is 15.3. The van der Waals surface area contributed by atoms with Gasteiger partial charge in [-0.2, -0.15) is 5.10 Å². The minimum absolute atomic E-state index is 0.166. The van der Waals surface area contributed by atoms with Crippen LogP contribution in [0.4, 0.5) is 0 Å². The van der Waals surface area contributed by atoms with Crippen LogP contribution in [0.25, 0.3) is 0 Å². The first kappa shape index (κ1) is 19.4. The molecule has 6 heteroatoms. The van der Waals surface area contributed by atoms with Crippen molar-refractivity contribution >= 4 is 6.21 Å². The molecule has 0 aliphatic carbocycles. The van der Waals surface area contributed by atoms with Gasteiger partial charge in [0.1, 0.15) is 12.2 Å². The van der Waals surface area contributed by atoms with E-state index in [0.29, 0.717) is 13.2 Å². The van der Waals surface area contributed by atoms with Crippen LogP contribution >= 0.6 is 0 Å². The summed E-state index contributed by atoms with van der Waals surface area (Å²) in [5.41, 5.74) is -0.427. The van der Waals surface area contributed by atoms with Gasteiger partial charge < -0.3 is 24.0 Å². The molecule has 0 saturated carbocycles. The fourth-order valence-electron chi connectivity index (χ4n) is 1.77. The number of ether oxygens (including phenoxy) is 4. The highest BCUT2D eigenvalue weighted by atomic mass is 16.7. The Morgan fingerprint density at radius 1 is 0.909 bits per heavy atom. The van der Waals surface area contributed by atoms with Crippen LogP contribution in [0, 0.1) is 0 Å². The van der Waals surface area contributed by atoms with E-state index < -0.39 is 6.29 Å². The van der Waals surface area contributed by atoms with Crippen molar-refractivity contribution in [3.63, 3.8) is 0 Å². The van der Waals surface area contributed by atoms with Crippen LogP contribution < -0.4 is 0 Å². The number of nitrogens with zero attached hydrogens (tertiary/aromatic N) is 2. The Kier molecular flexibility index (Phi) is 6.80. The smallest absolute Gasteiger partial charge is 0.196 e. The molecule has 0 aromatic rings. The molecule has 1 aliphatic heterocycles. The largest absolute Gasteiger partial charge is 0.373 e. The first-order valence-electron chi connectivity index (χ1n) is 7.76. The lowest BCUT2D eigenvalue weighted by Gasteiger charge is -2.26. The molecule has 1 saturated heterocycles. The van der Waals surface area contributed by atoms with Gasteiger partial charge in [-0.05, 0) is 41.5 Å². The van der Waals surface area contributed by atoms with Crippen LogP contribution in [-0.2, 0) is 18.9 Å². The van der Waals surface area contributed by atoms with Gasteiger partial charge in [0.2, 0.25) is 0 Å². The Bertz CT molecular complexity index is 332. The summed E-state index contributed by atoms with van der Waals surface area (Å²) < 4.78 is 23.4. The highest BCUT2D eigenvalue weighted by Gasteiger charge is 2.37. The monoisotopic (exact) mass is 316 g/mol. The molecule has 0 amide bonds. The third-order valence-corrected chi connectivity index (χ3v) is 2.81. The molecule has 0 spiro atoms. The molecule has 1 aliphatic rings. The minimum Gasteiger partial charge on any atom is -0.373 e. The average Bonchev–Trinajstić information content (AvgIpc) is 2.72. The molecule has 130 valence electrons. The lowest BCUT2D eigenvalue weighted by atomic mass is 10.1.